The summed E-state index contributed by atoms with van der Waals surface area (Å²) in [6, 6.07) is 20.6. The van der Waals surface area contributed by atoms with Crippen molar-refractivity contribution in [3.8, 4) is 0 Å². The van der Waals surface area contributed by atoms with Crippen LogP contribution in [0.5, 0.6) is 0 Å². The summed E-state index contributed by atoms with van der Waals surface area (Å²) in [5.74, 6) is 1.49. The largest absolute Gasteiger partial charge is 0.366 e. The van der Waals surface area contributed by atoms with E-state index in [4.69, 9.17) is 0 Å². The maximum Gasteiger partial charge on any atom is 0.224 e. The van der Waals surface area contributed by atoms with Crippen LogP contribution in [0.2, 0.25) is 0 Å². The zero-order chi connectivity index (χ0) is 18.5. The van der Waals surface area contributed by atoms with Gasteiger partial charge in [-0.25, -0.2) is 4.98 Å². The summed E-state index contributed by atoms with van der Waals surface area (Å²) in [5.41, 5.74) is 4.64. The van der Waals surface area contributed by atoms with Crippen molar-refractivity contribution in [3.05, 3.63) is 83.7 Å². The summed E-state index contributed by atoms with van der Waals surface area (Å²) < 4.78 is 0. The number of para-hydroxylation sites is 1. The summed E-state index contributed by atoms with van der Waals surface area (Å²) in [4.78, 5) is 12.4. The molecule has 2 aromatic carbocycles. The second kappa shape index (κ2) is 7.91. The molecule has 0 aliphatic heterocycles. The molecule has 0 aliphatic rings. The average molecular weight is 357 g/mol. The molecule has 4 aromatic rings. The van der Waals surface area contributed by atoms with Gasteiger partial charge in [0, 0.05) is 41.9 Å². The average Bonchev–Trinajstić information content (AvgIpc) is 3.10. The first-order valence-corrected chi connectivity index (χ1v) is 9.20. The minimum Gasteiger partial charge on any atom is -0.366 e. The number of fused-ring (bicyclic) bond motifs is 1. The van der Waals surface area contributed by atoms with Gasteiger partial charge in [0.05, 0.1) is 0 Å². The number of anilines is 2. The molecule has 0 saturated carbocycles. The first kappa shape index (κ1) is 17.1. The summed E-state index contributed by atoms with van der Waals surface area (Å²) in [5, 5.41) is 8.00. The molecule has 0 amide bonds. The van der Waals surface area contributed by atoms with Crippen LogP contribution in [0.25, 0.3) is 10.9 Å². The van der Waals surface area contributed by atoms with E-state index in [-0.39, 0.29) is 0 Å². The Morgan fingerprint density at radius 1 is 0.926 bits per heavy atom. The Bertz CT molecular complexity index is 1020. The Balaban J connectivity index is 1.38. The number of rotatable bonds is 7. The summed E-state index contributed by atoms with van der Waals surface area (Å²) in [6.45, 7) is 3.51. The van der Waals surface area contributed by atoms with Crippen molar-refractivity contribution in [1.82, 2.24) is 15.0 Å². The predicted molar refractivity (Wildman–Crippen MR) is 111 cm³/mol. The van der Waals surface area contributed by atoms with Crippen molar-refractivity contribution in [2.45, 2.75) is 19.9 Å². The van der Waals surface area contributed by atoms with Gasteiger partial charge in [0.25, 0.3) is 0 Å². The summed E-state index contributed by atoms with van der Waals surface area (Å²) >= 11 is 0. The van der Waals surface area contributed by atoms with Crippen LogP contribution in [0.15, 0.2) is 66.9 Å². The number of aromatic nitrogens is 3. The third-order valence-electron chi connectivity index (χ3n) is 4.52. The SMILES string of the molecule is Cc1cc(NCc2ccccc2)nc(NCCc2c[nH]c3ccccc23)n1. The smallest absolute Gasteiger partial charge is 0.224 e. The second-order valence-corrected chi connectivity index (χ2v) is 6.59. The molecule has 0 fully saturated rings. The molecule has 0 aliphatic carbocycles. The molecule has 0 bridgehead atoms. The minimum absolute atomic E-state index is 0.658. The van der Waals surface area contributed by atoms with Crippen LogP contribution in [0.1, 0.15) is 16.8 Å². The fourth-order valence-electron chi connectivity index (χ4n) is 3.17. The van der Waals surface area contributed by atoms with E-state index in [2.05, 4.69) is 62.1 Å². The quantitative estimate of drug-likeness (QED) is 0.454. The van der Waals surface area contributed by atoms with Gasteiger partial charge in [0.2, 0.25) is 5.95 Å². The highest BCUT2D eigenvalue weighted by Crippen LogP contribution is 2.18. The molecule has 27 heavy (non-hydrogen) atoms. The van der Waals surface area contributed by atoms with E-state index in [1.54, 1.807) is 0 Å². The van der Waals surface area contributed by atoms with Gasteiger partial charge < -0.3 is 15.6 Å². The number of aryl methyl sites for hydroxylation is 1. The molecule has 0 spiro atoms. The lowest BCUT2D eigenvalue weighted by molar-refractivity contribution is 0.974. The summed E-state index contributed by atoms with van der Waals surface area (Å²) in [7, 11) is 0. The van der Waals surface area contributed by atoms with E-state index in [9.17, 15) is 0 Å². The van der Waals surface area contributed by atoms with Gasteiger partial charge in [0.1, 0.15) is 5.82 Å². The first-order chi connectivity index (χ1) is 13.3. The van der Waals surface area contributed by atoms with Gasteiger partial charge in [-0.3, -0.25) is 0 Å². The Kier molecular flexibility index (Phi) is 5.01. The fraction of sp³-hybridized carbons (Fsp3) is 0.182. The third kappa shape index (κ3) is 4.26. The molecule has 5 nitrogen and oxygen atoms in total. The minimum atomic E-state index is 0.658. The maximum absolute atomic E-state index is 4.59. The van der Waals surface area contributed by atoms with Gasteiger partial charge in [-0.2, -0.15) is 4.98 Å². The van der Waals surface area contributed by atoms with Crippen LogP contribution in [0.4, 0.5) is 11.8 Å². The first-order valence-electron chi connectivity index (χ1n) is 9.20. The number of aromatic amines is 1. The number of hydrogen-bond acceptors (Lipinski definition) is 4. The molecular formula is C22H23N5. The number of nitrogens with zero attached hydrogens (tertiary/aromatic N) is 2. The molecule has 2 aromatic heterocycles. The highest BCUT2D eigenvalue weighted by atomic mass is 15.1. The molecule has 2 heterocycles. The molecular weight excluding hydrogens is 334 g/mol. The van der Waals surface area contributed by atoms with Crippen molar-refractivity contribution in [2.24, 2.45) is 0 Å². The highest BCUT2D eigenvalue weighted by molar-refractivity contribution is 5.83. The van der Waals surface area contributed by atoms with Gasteiger partial charge in [-0.1, -0.05) is 48.5 Å². The van der Waals surface area contributed by atoms with Gasteiger partial charge in [-0.05, 0) is 30.5 Å². The molecule has 5 heteroatoms. The van der Waals surface area contributed by atoms with Crippen LogP contribution >= 0.6 is 0 Å². The van der Waals surface area contributed by atoms with Crippen molar-refractivity contribution < 1.29 is 0 Å². The standard InChI is InChI=1S/C22H23N5/c1-16-13-21(25-14-17-7-3-2-4-8-17)27-22(26-16)23-12-11-18-15-24-20-10-6-5-9-19(18)20/h2-10,13,15,24H,11-12,14H2,1H3,(H2,23,25,26,27). The predicted octanol–water partition coefficient (Wildman–Crippen LogP) is 4.53. The highest BCUT2D eigenvalue weighted by Gasteiger charge is 2.05. The molecule has 0 unspecified atom stereocenters. The lowest BCUT2D eigenvalue weighted by Gasteiger charge is -2.10. The van der Waals surface area contributed by atoms with E-state index in [1.807, 2.05) is 37.3 Å². The lowest BCUT2D eigenvalue weighted by atomic mass is 10.1. The molecule has 0 radical (unpaired) electrons. The Hall–Kier alpha value is -3.34. The van der Waals surface area contributed by atoms with E-state index in [0.29, 0.717) is 5.95 Å². The number of H-pyrrole nitrogens is 1. The van der Waals surface area contributed by atoms with Crippen molar-refractivity contribution in [2.75, 3.05) is 17.2 Å². The zero-order valence-electron chi connectivity index (χ0n) is 15.4. The van der Waals surface area contributed by atoms with Crippen LogP contribution in [-0.4, -0.2) is 21.5 Å². The number of benzene rings is 2. The third-order valence-corrected chi connectivity index (χ3v) is 4.52. The zero-order valence-corrected chi connectivity index (χ0v) is 15.4. The molecule has 4 rings (SSSR count). The van der Waals surface area contributed by atoms with Crippen LogP contribution in [-0.2, 0) is 13.0 Å². The summed E-state index contributed by atoms with van der Waals surface area (Å²) in [6.07, 6.45) is 2.99. The van der Waals surface area contributed by atoms with Crippen LogP contribution < -0.4 is 10.6 Å². The van der Waals surface area contributed by atoms with Gasteiger partial charge in [-0.15, -0.1) is 0 Å². The van der Waals surface area contributed by atoms with Crippen LogP contribution in [0, 0.1) is 6.92 Å². The monoisotopic (exact) mass is 357 g/mol. The molecule has 0 atom stereocenters. The maximum atomic E-state index is 4.59. The van der Waals surface area contributed by atoms with Gasteiger partial charge in [0.15, 0.2) is 0 Å². The van der Waals surface area contributed by atoms with Gasteiger partial charge >= 0.3 is 0 Å². The van der Waals surface area contributed by atoms with E-state index < -0.39 is 0 Å². The van der Waals surface area contributed by atoms with Crippen molar-refractivity contribution in [3.63, 3.8) is 0 Å². The second-order valence-electron chi connectivity index (χ2n) is 6.59. The van der Waals surface area contributed by atoms with E-state index in [1.165, 1.54) is 22.0 Å². The fourth-order valence-corrected chi connectivity index (χ4v) is 3.17. The number of nitrogens with one attached hydrogen (secondary N) is 3. The van der Waals surface area contributed by atoms with E-state index >= 15 is 0 Å². The molecule has 136 valence electrons. The Morgan fingerprint density at radius 3 is 2.63 bits per heavy atom. The molecule has 0 saturated heterocycles. The lowest BCUT2D eigenvalue weighted by Crippen LogP contribution is -2.10. The Morgan fingerprint density at radius 2 is 1.74 bits per heavy atom. The molecule has 3 N–H and O–H groups in total. The number of hydrogen-bond donors (Lipinski definition) is 3. The van der Waals surface area contributed by atoms with Crippen molar-refractivity contribution >= 4 is 22.7 Å². The van der Waals surface area contributed by atoms with Crippen molar-refractivity contribution in [1.29, 1.82) is 0 Å². The topological polar surface area (TPSA) is 65.6 Å². The van der Waals surface area contributed by atoms with E-state index in [0.717, 1.165) is 31.0 Å². The normalized spacial score (nSPS) is 10.9. The van der Waals surface area contributed by atoms with Crippen LogP contribution in [0.3, 0.4) is 0 Å². The Labute approximate surface area is 158 Å².